The molecule has 0 aliphatic heterocycles. The number of halogens is 1. The molecule has 1 aromatic heterocycles. The minimum absolute atomic E-state index is 0.201. The average molecular weight is 446 g/mol. The number of carbonyl (C=O) groups is 2. The quantitative estimate of drug-likeness (QED) is 0.590. The molecule has 3 rings (SSSR count). The number of nitrogens with one attached hydrogen (secondary N) is 1. The summed E-state index contributed by atoms with van der Waals surface area (Å²) in [7, 11) is 0. The number of amides is 1. The number of hydrogen-bond acceptors (Lipinski definition) is 3. The molecule has 126 valence electrons. The largest absolute Gasteiger partial charge is 0.480 e. The van der Waals surface area contributed by atoms with Gasteiger partial charge in [-0.1, -0.05) is 36.4 Å². The van der Waals surface area contributed by atoms with Crippen molar-refractivity contribution in [3.05, 3.63) is 75.5 Å². The molecule has 25 heavy (non-hydrogen) atoms. The number of hydrogen-bond donors (Lipinski definition) is 2. The first-order valence-electron chi connectivity index (χ1n) is 7.67. The third-order valence-electron chi connectivity index (χ3n) is 3.76. The van der Waals surface area contributed by atoms with Crippen LogP contribution >= 0.6 is 22.6 Å². The number of fused-ring (bicyclic) bond motifs is 1. The van der Waals surface area contributed by atoms with Crippen LogP contribution in [-0.4, -0.2) is 28.0 Å². The summed E-state index contributed by atoms with van der Waals surface area (Å²) in [6.07, 6.45) is 0.214. The second-order valence-electron chi connectivity index (χ2n) is 5.59. The first-order chi connectivity index (χ1) is 12.0. The van der Waals surface area contributed by atoms with E-state index in [9.17, 15) is 14.7 Å². The molecule has 0 aliphatic rings. The number of nitrogens with zero attached hydrogens (tertiary/aromatic N) is 1. The zero-order valence-electron chi connectivity index (χ0n) is 13.1. The highest BCUT2D eigenvalue weighted by atomic mass is 127. The Morgan fingerprint density at radius 3 is 2.64 bits per heavy atom. The van der Waals surface area contributed by atoms with E-state index < -0.39 is 17.9 Å². The molecule has 0 unspecified atom stereocenters. The second kappa shape index (κ2) is 7.60. The van der Waals surface area contributed by atoms with Crippen molar-refractivity contribution in [1.29, 1.82) is 0 Å². The van der Waals surface area contributed by atoms with Crippen molar-refractivity contribution in [2.24, 2.45) is 0 Å². The molecule has 3 aromatic rings. The number of rotatable bonds is 5. The van der Waals surface area contributed by atoms with Gasteiger partial charge in [0.25, 0.3) is 5.91 Å². The number of aliphatic carboxylic acids is 1. The van der Waals surface area contributed by atoms with Crippen LogP contribution in [0.5, 0.6) is 0 Å². The lowest BCUT2D eigenvalue weighted by Crippen LogP contribution is -2.42. The molecule has 0 bridgehead atoms. The van der Waals surface area contributed by atoms with Crippen LogP contribution in [-0.2, 0) is 11.2 Å². The first-order valence-corrected chi connectivity index (χ1v) is 8.75. The van der Waals surface area contributed by atoms with E-state index in [1.165, 1.54) is 0 Å². The van der Waals surface area contributed by atoms with Crippen molar-refractivity contribution in [2.45, 2.75) is 12.5 Å². The maximum atomic E-state index is 12.4. The number of carbonyl (C=O) groups excluding carboxylic acids is 1. The predicted octanol–water partition coefficient (Wildman–Crippen LogP) is 3.27. The second-order valence-corrected chi connectivity index (χ2v) is 6.83. The van der Waals surface area contributed by atoms with E-state index >= 15 is 0 Å². The van der Waals surface area contributed by atoms with Crippen LogP contribution in [0.4, 0.5) is 0 Å². The van der Waals surface area contributed by atoms with Crippen molar-refractivity contribution in [3.8, 4) is 0 Å². The Hall–Kier alpha value is -2.48. The van der Waals surface area contributed by atoms with E-state index in [0.29, 0.717) is 5.52 Å². The van der Waals surface area contributed by atoms with E-state index in [4.69, 9.17) is 0 Å². The molecule has 5 nitrogen and oxygen atoms in total. The fraction of sp³-hybridized carbons (Fsp3) is 0.105. The number of benzene rings is 2. The molecular formula is C19H15IN2O3. The Morgan fingerprint density at radius 1 is 1.08 bits per heavy atom. The highest BCUT2D eigenvalue weighted by Gasteiger charge is 2.22. The van der Waals surface area contributed by atoms with Crippen LogP contribution < -0.4 is 5.32 Å². The lowest BCUT2D eigenvalue weighted by atomic mass is 10.1. The summed E-state index contributed by atoms with van der Waals surface area (Å²) in [5, 5.41) is 12.9. The molecule has 2 aromatic carbocycles. The van der Waals surface area contributed by atoms with Crippen LogP contribution in [0.3, 0.4) is 0 Å². The van der Waals surface area contributed by atoms with Crippen LogP contribution in [0, 0.1) is 3.57 Å². The number of carboxylic acids is 1. The molecule has 1 atom stereocenters. The summed E-state index contributed by atoms with van der Waals surface area (Å²) >= 11 is 2.17. The van der Waals surface area contributed by atoms with Crippen LogP contribution in [0.25, 0.3) is 10.9 Å². The third kappa shape index (κ3) is 4.33. The SMILES string of the molecule is O=C(N[C@H](Cc1cccc(I)c1)C(=O)O)c1ccc2ccccc2n1. The fourth-order valence-corrected chi connectivity index (χ4v) is 3.13. The fourth-order valence-electron chi connectivity index (χ4n) is 2.52. The van der Waals surface area contributed by atoms with Gasteiger partial charge in [-0.05, 0) is 52.4 Å². The summed E-state index contributed by atoms with van der Waals surface area (Å²) in [6.45, 7) is 0. The normalized spacial score (nSPS) is 11.9. The van der Waals surface area contributed by atoms with Gasteiger partial charge in [0, 0.05) is 15.4 Å². The van der Waals surface area contributed by atoms with Crippen molar-refractivity contribution >= 4 is 45.4 Å². The minimum Gasteiger partial charge on any atom is -0.480 e. The Bertz CT molecular complexity index is 943. The standard InChI is InChI=1S/C19H15IN2O3/c20-14-6-3-4-12(10-14)11-17(19(24)25)22-18(23)16-9-8-13-5-1-2-7-15(13)21-16/h1-10,17H,11H2,(H,22,23)(H,24,25)/t17-/m1/s1. The van der Waals surface area contributed by atoms with E-state index in [1.807, 2.05) is 48.5 Å². The monoisotopic (exact) mass is 446 g/mol. The molecule has 0 radical (unpaired) electrons. The van der Waals surface area contributed by atoms with Gasteiger partial charge in [-0.15, -0.1) is 0 Å². The molecule has 0 spiro atoms. The Morgan fingerprint density at radius 2 is 1.88 bits per heavy atom. The van der Waals surface area contributed by atoms with E-state index in [0.717, 1.165) is 14.5 Å². The van der Waals surface area contributed by atoms with Gasteiger partial charge in [-0.2, -0.15) is 0 Å². The molecule has 1 heterocycles. The maximum absolute atomic E-state index is 12.4. The zero-order chi connectivity index (χ0) is 17.8. The lowest BCUT2D eigenvalue weighted by molar-refractivity contribution is -0.139. The van der Waals surface area contributed by atoms with Gasteiger partial charge >= 0.3 is 5.97 Å². The summed E-state index contributed by atoms with van der Waals surface area (Å²) < 4.78 is 1.02. The van der Waals surface area contributed by atoms with Crippen molar-refractivity contribution in [2.75, 3.05) is 0 Å². The molecule has 2 N–H and O–H groups in total. The van der Waals surface area contributed by atoms with Crippen molar-refractivity contribution < 1.29 is 14.7 Å². The summed E-state index contributed by atoms with van der Waals surface area (Å²) in [4.78, 5) is 28.3. The van der Waals surface area contributed by atoms with Gasteiger partial charge in [-0.25, -0.2) is 9.78 Å². The van der Waals surface area contributed by atoms with Crippen molar-refractivity contribution in [1.82, 2.24) is 10.3 Å². The van der Waals surface area contributed by atoms with Gasteiger partial charge in [0.2, 0.25) is 0 Å². The van der Waals surface area contributed by atoms with E-state index in [2.05, 4.69) is 32.9 Å². The highest BCUT2D eigenvalue weighted by Crippen LogP contribution is 2.13. The number of pyridine rings is 1. The van der Waals surface area contributed by atoms with Crippen LogP contribution in [0.1, 0.15) is 16.1 Å². The molecule has 0 fully saturated rings. The van der Waals surface area contributed by atoms with Crippen LogP contribution in [0.2, 0.25) is 0 Å². The third-order valence-corrected chi connectivity index (χ3v) is 4.43. The van der Waals surface area contributed by atoms with Gasteiger partial charge < -0.3 is 10.4 Å². The molecular weight excluding hydrogens is 431 g/mol. The summed E-state index contributed by atoms with van der Waals surface area (Å²) in [5.74, 6) is -1.57. The van der Waals surface area contributed by atoms with Gasteiger partial charge in [-0.3, -0.25) is 4.79 Å². The van der Waals surface area contributed by atoms with Gasteiger partial charge in [0.15, 0.2) is 0 Å². The smallest absolute Gasteiger partial charge is 0.326 e. The molecule has 0 saturated carbocycles. The molecule has 0 saturated heterocycles. The Labute approximate surface area is 158 Å². The Balaban J connectivity index is 1.78. The van der Waals surface area contributed by atoms with Gasteiger partial charge in [0.05, 0.1) is 5.52 Å². The number of para-hydroxylation sites is 1. The molecule has 0 aliphatic carbocycles. The predicted molar refractivity (Wildman–Crippen MR) is 103 cm³/mol. The minimum atomic E-state index is -1.08. The lowest BCUT2D eigenvalue weighted by Gasteiger charge is -2.15. The topological polar surface area (TPSA) is 79.3 Å². The van der Waals surface area contributed by atoms with Crippen molar-refractivity contribution in [3.63, 3.8) is 0 Å². The molecule has 6 heteroatoms. The molecule has 1 amide bonds. The van der Waals surface area contributed by atoms with Gasteiger partial charge in [0.1, 0.15) is 11.7 Å². The zero-order valence-corrected chi connectivity index (χ0v) is 15.3. The Kier molecular flexibility index (Phi) is 5.28. The average Bonchev–Trinajstić information content (AvgIpc) is 2.60. The van der Waals surface area contributed by atoms with E-state index in [-0.39, 0.29) is 12.1 Å². The van der Waals surface area contributed by atoms with Crippen LogP contribution in [0.15, 0.2) is 60.7 Å². The summed E-state index contributed by atoms with van der Waals surface area (Å²) in [6, 6.07) is 17.4. The first kappa shape index (κ1) is 17.3. The summed E-state index contributed by atoms with van der Waals surface area (Å²) in [5.41, 5.74) is 1.75. The number of carboxylic acid groups (broad SMARTS) is 1. The highest BCUT2D eigenvalue weighted by molar-refractivity contribution is 14.1. The number of aromatic nitrogens is 1. The maximum Gasteiger partial charge on any atom is 0.326 e. The van der Waals surface area contributed by atoms with E-state index in [1.54, 1.807) is 12.1 Å².